The number of ether oxygens (including phenoxy) is 1. The average molecular weight is 372 g/mol. The molecule has 1 aliphatic heterocycles. The van der Waals surface area contributed by atoms with Crippen LogP contribution >= 0.6 is 0 Å². The molecule has 0 unspecified atom stereocenters. The van der Waals surface area contributed by atoms with Gasteiger partial charge in [0.05, 0.1) is 17.5 Å². The molecule has 4 rings (SSSR count). The van der Waals surface area contributed by atoms with Crippen molar-refractivity contribution in [1.29, 1.82) is 5.41 Å². The van der Waals surface area contributed by atoms with E-state index in [-0.39, 0.29) is 5.97 Å². The molecule has 0 aromatic heterocycles. The van der Waals surface area contributed by atoms with E-state index in [1.54, 1.807) is 24.3 Å². The predicted molar refractivity (Wildman–Crippen MR) is 109 cm³/mol. The van der Waals surface area contributed by atoms with Crippen molar-refractivity contribution in [3.05, 3.63) is 71.6 Å². The van der Waals surface area contributed by atoms with Crippen molar-refractivity contribution in [3.8, 4) is 22.5 Å². The van der Waals surface area contributed by atoms with Crippen LogP contribution in [0.25, 0.3) is 33.4 Å². The van der Waals surface area contributed by atoms with Gasteiger partial charge in [-0.3, -0.25) is 0 Å². The molecule has 0 spiro atoms. The Kier molecular flexibility index (Phi) is 4.57. The Hall–Kier alpha value is -3.60. The lowest BCUT2D eigenvalue weighted by molar-refractivity contribution is 0.0506. The number of hydrogen-bond donors (Lipinski definition) is 2. The number of nitrogens with one attached hydrogen (secondary N) is 1. The minimum absolute atomic E-state index is 0.348. The first-order valence-corrected chi connectivity index (χ1v) is 9.15. The van der Waals surface area contributed by atoms with Gasteiger partial charge >= 0.3 is 5.97 Å². The van der Waals surface area contributed by atoms with Crippen molar-refractivity contribution in [1.82, 2.24) is 0 Å². The Labute approximate surface area is 162 Å². The summed E-state index contributed by atoms with van der Waals surface area (Å²) in [6, 6.07) is 18.1. The Balaban J connectivity index is 2.06. The van der Waals surface area contributed by atoms with Crippen LogP contribution in [0.5, 0.6) is 0 Å². The van der Waals surface area contributed by atoms with E-state index in [9.17, 15) is 4.79 Å². The monoisotopic (exact) mass is 372 g/mol. The number of hydrogen-bond acceptors (Lipinski definition) is 5. The minimum Gasteiger partial charge on any atom is -0.462 e. The molecular formula is C23H20N2O3. The second-order valence-corrected chi connectivity index (χ2v) is 6.63. The molecule has 0 saturated carbocycles. The number of benzene rings is 3. The molecular weight excluding hydrogens is 352 g/mol. The highest BCUT2D eigenvalue weighted by Gasteiger charge is 2.21. The summed E-state index contributed by atoms with van der Waals surface area (Å²) in [5.74, 6) is 0.212. The molecule has 0 saturated heterocycles. The summed E-state index contributed by atoms with van der Waals surface area (Å²) in [5, 5.41) is 9.12. The molecule has 5 heteroatoms. The number of anilines is 1. The number of nitrogen functional groups attached to an aromatic ring is 1. The van der Waals surface area contributed by atoms with Gasteiger partial charge in [-0.2, -0.15) is 0 Å². The summed E-state index contributed by atoms with van der Waals surface area (Å²) in [6.45, 7) is 2.33. The fourth-order valence-corrected chi connectivity index (χ4v) is 3.35. The van der Waals surface area contributed by atoms with Gasteiger partial charge in [0.1, 0.15) is 11.3 Å². The van der Waals surface area contributed by atoms with Crippen molar-refractivity contribution in [2.45, 2.75) is 13.3 Å². The summed E-state index contributed by atoms with van der Waals surface area (Å²) < 4.78 is 11.4. The molecule has 1 aliphatic carbocycles. The Morgan fingerprint density at radius 1 is 1.07 bits per heavy atom. The molecule has 28 heavy (non-hydrogen) atoms. The van der Waals surface area contributed by atoms with Crippen LogP contribution in [0, 0.1) is 5.41 Å². The third kappa shape index (κ3) is 3.11. The maximum Gasteiger partial charge on any atom is 0.338 e. The van der Waals surface area contributed by atoms with E-state index in [1.807, 2.05) is 43.3 Å². The number of nitrogens with two attached hydrogens (primary N) is 1. The SMILES string of the molecule is CCCOC(=O)c1ccccc1-c1c2ccc(=N)cc-2oc2cc(N)ccc12. The van der Waals surface area contributed by atoms with E-state index in [1.165, 1.54) is 0 Å². The molecule has 0 radical (unpaired) electrons. The number of esters is 1. The van der Waals surface area contributed by atoms with Gasteiger partial charge in [-0.05, 0) is 42.3 Å². The molecule has 2 aromatic rings. The highest BCUT2D eigenvalue weighted by molar-refractivity contribution is 6.08. The van der Waals surface area contributed by atoms with Gasteiger partial charge in [0.15, 0.2) is 0 Å². The Morgan fingerprint density at radius 2 is 1.89 bits per heavy atom. The number of carbonyl (C=O) groups excluding carboxylic acids is 1. The molecule has 0 fully saturated rings. The lowest BCUT2D eigenvalue weighted by Gasteiger charge is -2.17. The maximum atomic E-state index is 12.7. The normalized spacial score (nSPS) is 11.0. The highest BCUT2D eigenvalue weighted by atomic mass is 16.5. The number of fused-ring (bicyclic) bond motifs is 2. The average Bonchev–Trinajstić information content (AvgIpc) is 2.70. The van der Waals surface area contributed by atoms with Crippen LogP contribution in [0.15, 0.2) is 65.1 Å². The Morgan fingerprint density at radius 3 is 2.71 bits per heavy atom. The van der Waals surface area contributed by atoms with Crippen LogP contribution in [-0.2, 0) is 4.74 Å². The van der Waals surface area contributed by atoms with Crippen molar-refractivity contribution in [2.24, 2.45) is 0 Å². The van der Waals surface area contributed by atoms with Crippen LogP contribution in [0.1, 0.15) is 23.7 Å². The topological polar surface area (TPSA) is 89.3 Å². The second kappa shape index (κ2) is 7.19. The summed E-state index contributed by atoms with van der Waals surface area (Å²) in [4.78, 5) is 12.7. The number of carbonyl (C=O) groups is 1. The van der Waals surface area contributed by atoms with E-state index in [0.29, 0.717) is 34.6 Å². The predicted octanol–water partition coefficient (Wildman–Crippen LogP) is 4.83. The molecule has 0 atom stereocenters. The quantitative estimate of drug-likeness (QED) is 0.305. The third-order valence-electron chi connectivity index (χ3n) is 4.60. The summed E-state index contributed by atoms with van der Waals surface area (Å²) in [5.41, 5.74) is 10.1. The maximum absolute atomic E-state index is 12.7. The first-order valence-electron chi connectivity index (χ1n) is 9.15. The van der Waals surface area contributed by atoms with Crippen molar-refractivity contribution in [2.75, 3.05) is 12.3 Å². The second-order valence-electron chi connectivity index (χ2n) is 6.63. The molecule has 0 amide bonds. The zero-order valence-electron chi connectivity index (χ0n) is 15.5. The van der Waals surface area contributed by atoms with Gasteiger partial charge < -0.3 is 20.3 Å². The van der Waals surface area contributed by atoms with Crippen LogP contribution in [0.2, 0.25) is 0 Å². The summed E-state index contributed by atoms with van der Waals surface area (Å²) in [6.07, 6.45) is 0.759. The number of rotatable bonds is 4. The first kappa shape index (κ1) is 17.8. The fraction of sp³-hybridized carbons (Fsp3) is 0.130. The van der Waals surface area contributed by atoms with E-state index < -0.39 is 0 Å². The van der Waals surface area contributed by atoms with Gasteiger partial charge in [0.2, 0.25) is 0 Å². The van der Waals surface area contributed by atoms with Gasteiger partial charge in [0, 0.05) is 34.3 Å². The standard InChI is InChI=1S/C23H20N2O3/c1-2-11-27-23(26)17-6-4-3-5-16(17)22-18-9-7-14(24)12-20(18)28-21-13-15(25)8-10-19(21)22/h3-10,12-13,24H,2,11,25H2,1H3. The van der Waals surface area contributed by atoms with Crippen LogP contribution in [0.3, 0.4) is 0 Å². The largest absolute Gasteiger partial charge is 0.462 e. The van der Waals surface area contributed by atoms with Gasteiger partial charge in [0.25, 0.3) is 0 Å². The van der Waals surface area contributed by atoms with Crippen molar-refractivity contribution < 1.29 is 13.9 Å². The molecule has 1 heterocycles. The Bertz CT molecular complexity index is 1210. The van der Waals surface area contributed by atoms with E-state index in [0.717, 1.165) is 28.5 Å². The minimum atomic E-state index is -0.355. The van der Waals surface area contributed by atoms with Crippen LogP contribution < -0.4 is 11.1 Å². The zero-order chi connectivity index (χ0) is 19.7. The summed E-state index contributed by atoms with van der Waals surface area (Å²) >= 11 is 0. The van der Waals surface area contributed by atoms with E-state index in [2.05, 4.69) is 0 Å². The molecule has 5 nitrogen and oxygen atoms in total. The van der Waals surface area contributed by atoms with E-state index in [4.69, 9.17) is 20.3 Å². The van der Waals surface area contributed by atoms with Crippen molar-refractivity contribution in [3.63, 3.8) is 0 Å². The fourth-order valence-electron chi connectivity index (χ4n) is 3.35. The van der Waals surface area contributed by atoms with Crippen molar-refractivity contribution >= 4 is 22.6 Å². The third-order valence-corrected chi connectivity index (χ3v) is 4.60. The zero-order valence-corrected chi connectivity index (χ0v) is 15.5. The van der Waals surface area contributed by atoms with Crippen LogP contribution in [0.4, 0.5) is 5.69 Å². The molecule has 2 aromatic carbocycles. The van der Waals surface area contributed by atoms with Gasteiger partial charge in [-0.1, -0.05) is 25.1 Å². The molecule has 2 aliphatic rings. The smallest absolute Gasteiger partial charge is 0.338 e. The lowest BCUT2D eigenvalue weighted by Crippen LogP contribution is -2.08. The molecule has 0 bridgehead atoms. The lowest BCUT2D eigenvalue weighted by atomic mass is 9.90. The molecule has 140 valence electrons. The summed E-state index contributed by atoms with van der Waals surface area (Å²) in [7, 11) is 0. The van der Waals surface area contributed by atoms with Crippen LogP contribution in [-0.4, -0.2) is 12.6 Å². The van der Waals surface area contributed by atoms with E-state index >= 15 is 0 Å². The highest BCUT2D eigenvalue weighted by Crippen LogP contribution is 2.41. The first-order chi connectivity index (χ1) is 13.6. The van der Waals surface area contributed by atoms with Gasteiger partial charge in [-0.15, -0.1) is 0 Å². The van der Waals surface area contributed by atoms with Gasteiger partial charge in [-0.25, -0.2) is 4.79 Å². The molecule has 3 N–H and O–H groups in total.